The van der Waals surface area contributed by atoms with Crippen LogP contribution in [0.3, 0.4) is 0 Å². The van der Waals surface area contributed by atoms with Crippen molar-refractivity contribution in [2.45, 2.75) is 18.9 Å². The molecule has 0 bridgehead atoms. The van der Waals surface area contributed by atoms with Crippen molar-refractivity contribution in [3.8, 4) is 0 Å². The number of nitrogens with two attached hydrogens (primary N) is 1. The highest BCUT2D eigenvalue weighted by atomic mass is 16.2. The van der Waals surface area contributed by atoms with Crippen LogP contribution in [-0.4, -0.2) is 48.0 Å². The zero-order chi connectivity index (χ0) is 14.7. The van der Waals surface area contributed by atoms with E-state index in [4.69, 9.17) is 5.73 Å². The lowest BCUT2D eigenvalue weighted by Crippen LogP contribution is -2.46. The summed E-state index contributed by atoms with van der Waals surface area (Å²) in [5, 5.41) is 4.45. The van der Waals surface area contributed by atoms with Gasteiger partial charge in [-0.05, 0) is 31.0 Å². The van der Waals surface area contributed by atoms with Crippen LogP contribution < -0.4 is 11.1 Å². The van der Waals surface area contributed by atoms with E-state index in [9.17, 15) is 4.79 Å². The molecule has 0 unspecified atom stereocenters. The van der Waals surface area contributed by atoms with Gasteiger partial charge >= 0.3 is 0 Å². The van der Waals surface area contributed by atoms with Crippen LogP contribution in [0.2, 0.25) is 0 Å². The van der Waals surface area contributed by atoms with Crippen molar-refractivity contribution in [2.75, 3.05) is 26.2 Å². The molecular weight excluding hydrogens is 264 g/mol. The molecule has 5 heteroatoms. The van der Waals surface area contributed by atoms with Gasteiger partial charge in [-0.3, -0.25) is 4.79 Å². The molecule has 2 aromatic rings. The minimum atomic E-state index is -0.470. The van der Waals surface area contributed by atoms with Gasteiger partial charge in [-0.2, -0.15) is 0 Å². The van der Waals surface area contributed by atoms with Gasteiger partial charge in [0.05, 0.1) is 6.04 Å². The van der Waals surface area contributed by atoms with E-state index in [2.05, 4.69) is 16.4 Å². The predicted molar refractivity (Wildman–Crippen MR) is 84.0 cm³/mol. The highest BCUT2D eigenvalue weighted by Gasteiger charge is 2.22. The first-order valence-corrected chi connectivity index (χ1v) is 7.56. The number of hydrogen-bond donors (Lipinski definition) is 3. The summed E-state index contributed by atoms with van der Waals surface area (Å²) in [6.45, 7) is 3.38. The SMILES string of the molecule is N[C@@H](Cc1c[nH]c2ccccc12)C(=O)N1CCCNCC1. The van der Waals surface area contributed by atoms with Gasteiger partial charge < -0.3 is 20.9 Å². The van der Waals surface area contributed by atoms with E-state index in [1.807, 2.05) is 29.3 Å². The molecule has 1 fully saturated rings. The summed E-state index contributed by atoms with van der Waals surface area (Å²) in [6.07, 6.45) is 3.53. The van der Waals surface area contributed by atoms with E-state index in [-0.39, 0.29) is 5.91 Å². The molecule has 4 N–H and O–H groups in total. The fourth-order valence-corrected chi connectivity index (χ4v) is 2.93. The number of para-hydroxylation sites is 1. The highest BCUT2D eigenvalue weighted by Crippen LogP contribution is 2.19. The van der Waals surface area contributed by atoms with Crippen molar-refractivity contribution in [1.82, 2.24) is 15.2 Å². The Morgan fingerprint density at radius 2 is 2.14 bits per heavy atom. The number of aromatic nitrogens is 1. The van der Waals surface area contributed by atoms with Gasteiger partial charge in [0.25, 0.3) is 0 Å². The van der Waals surface area contributed by atoms with E-state index in [1.165, 1.54) is 0 Å². The Kier molecular flexibility index (Phi) is 4.22. The lowest BCUT2D eigenvalue weighted by molar-refractivity contribution is -0.132. The number of fused-ring (bicyclic) bond motifs is 1. The molecule has 1 aromatic heterocycles. The van der Waals surface area contributed by atoms with E-state index in [0.717, 1.165) is 49.1 Å². The first-order chi connectivity index (χ1) is 10.3. The van der Waals surface area contributed by atoms with Crippen LogP contribution in [0.1, 0.15) is 12.0 Å². The lowest BCUT2D eigenvalue weighted by Gasteiger charge is -2.23. The molecule has 3 rings (SSSR count). The molecule has 1 amide bonds. The van der Waals surface area contributed by atoms with Crippen molar-refractivity contribution < 1.29 is 4.79 Å². The molecule has 112 valence electrons. The zero-order valence-electron chi connectivity index (χ0n) is 12.1. The molecule has 1 aliphatic rings. The van der Waals surface area contributed by atoms with Crippen LogP contribution >= 0.6 is 0 Å². The van der Waals surface area contributed by atoms with Gasteiger partial charge in [0.2, 0.25) is 5.91 Å². The van der Waals surface area contributed by atoms with Gasteiger partial charge in [0, 0.05) is 36.7 Å². The third kappa shape index (κ3) is 3.09. The topological polar surface area (TPSA) is 74.2 Å². The lowest BCUT2D eigenvalue weighted by atomic mass is 10.0. The zero-order valence-corrected chi connectivity index (χ0v) is 12.1. The van der Waals surface area contributed by atoms with E-state index >= 15 is 0 Å². The number of nitrogens with zero attached hydrogens (tertiary/aromatic N) is 1. The summed E-state index contributed by atoms with van der Waals surface area (Å²) >= 11 is 0. The maximum atomic E-state index is 12.5. The average molecular weight is 286 g/mol. The molecular formula is C16H22N4O. The number of nitrogens with one attached hydrogen (secondary N) is 2. The highest BCUT2D eigenvalue weighted by molar-refractivity contribution is 5.86. The van der Waals surface area contributed by atoms with Gasteiger partial charge in [-0.1, -0.05) is 18.2 Å². The standard InChI is InChI=1S/C16H22N4O/c17-14(16(21)20-8-3-6-18-7-9-20)10-12-11-19-15-5-2-1-4-13(12)15/h1-2,4-5,11,14,18-19H,3,6-10,17H2/t14-/m0/s1. The monoisotopic (exact) mass is 286 g/mol. The third-order valence-electron chi connectivity index (χ3n) is 4.08. The van der Waals surface area contributed by atoms with Crippen LogP contribution in [0.25, 0.3) is 10.9 Å². The van der Waals surface area contributed by atoms with E-state index < -0.39 is 6.04 Å². The number of benzene rings is 1. The predicted octanol–water partition coefficient (Wildman–Crippen LogP) is 0.860. The van der Waals surface area contributed by atoms with Crippen molar-refractivity contribution in [2.24, 2.45) is 5.73 Å². The summed E-state index contributed by atoms with van der Waals surface area (Å²) in [6, 6.07) is 7.63. The number of carbonyl (C=O) groups excluding carboxylic acids is 1. The maximum absolute atomic E-state index is 12.5. The summed E-state index contributed by atoms with van der Waals surface area (Å²) in [5.41, 5.74) is 8.36. The number of amides is 1. The van der Waals surface area contributed by atoms with Crippen LogP contribution in [0.5, 0.6) is 0 Å². The number of H-pyrrole nitrogens is 1. The van der Waals surface area contributed by atoms with E-state index in [0.29, 0.717) is 6.42 Å². The second-order valence-electron chi connectivity index (χ2n) is 5.60. The second-order valence-corrected chi connectivity index (χ2v) is 5.60. The Morgan fingerprint density at radius 3 is 3.05 bits per heavy atom. The molecule has 5 nitrogen and oxygen atoms in total. The number of hydrogen-bond acceptors (Lipinski definition) is 3. The molecule has 0 spiro atoms. The van der Waals surface area contributed by atoms with Gasteiger partial charge in [-0.15, -0.1) is 0 Å². The molecule has 21 heavy (non-hydrogen) atoms. The molecule has 1 aromatic carbocycles. The second kappa shape index (κ2) is 6.28. The van der Waals surface area contributed by atoms with E-state index in [1.54, 1.807) is 0 Å². The molecule has 1 atom stereocenters. The Hall–Kier alpha value is -1.85. The van der Waals surface area contributed by atoms with Crippen molar-refractivity contribution in [3.05, 3.63) is 36.0 Å². The molecule has 0 radical (unpaired) electrons. The number of rotatable bonds is 3. The first kappa shape index (κ1) is 14.1. The molecule has 0 aliphatic carbocycles. The van der Waals surface area contributed by atoms with Crippen LogP contribution in [0.15, 0.2) is 30.5 Å². The van der Waals surface area contributed by atoms with Gasteiger partial charge in [0.1, 0.15) is 0 Å². The summed E-state index contributed by atoms with van der Waals surface area (Å²) in [7, 11) is 0. The average Bonchev–Trinajstić information content (AvgIpc) is 2.74. The third-order valence-corrected chi connectivity index (χ3v) is 4.08. The van der Waals surface area contributed by atoms with Gasteiger partial charge in [0.15, 0.2) is 0 Å². The van der Waals surface area contributed by atoms with Crippen LogP contribution in [-0.2, 0) is 11.2 Å². The number of aromatic amines is 1. The van der Waals surface area contributed by atoms with Crippen molar-refractivity contribution >= 4 is 16.8 Å². The Bertz CT molecular complexity index is 614. The maximum Gasteiger partial charge on any atom is 0.239 e. The largest absolute Gasteiger partial charge is 0.361 e. The Morgan fingerprint density at radius 1 is 1.29 bits per heavy atom. The van der Waals surface area contributed by atoms with Gasteiger partial charge in [-0.25, -0.2) is 0 Å². The van der Waals surface area contributed by atoms with Crippen molar-refractivity contribution in [1.29, 1.82) is 0 Å². The smallest absolute Gasteiger partial charge is 0.239 e. The minimum absolute atomic E-state index is 0.0592. The molecule has 1 saturated heterocycles. The first-order valence-electron chi connectivity index (χ1n) is 7.56. The number of carbonyl (C=O) groups is 1. The minimum Gasteiger partial charge on any atom is -0.361 e. The normalized spacial score (nSPS) is 17.7. The van der Waals surface area contributed by atoms with Crippen LogP contribution in [0.4, 0.5) is 0 Å². The summed E-state index contributed by atoms with van der Waals surface area (Å²) < 4.78 is 0. The summed E-state index contributed by atoms with van der Waals surface area (Å²) in [5.74, 6) is 0.0592. The Labute approximate surface area is 124 Å². The quantitative estimate of drug-likeness (QED) is 0.783. The Balaban J connectivity index is 1.70. The molecule has 1 aliphatic heterocycles. The molecule has 2 heterocycles. The fourth-order valence-electron chi connectivity index (χ4n) is 2.93. The molecule has 0 saturated carbocycles. The van der Waals surface area contributed by atoms with Crippen LogP contribution in [0, 0.1) is 0 Å². The summed E-state index contributed by atoms with van der Waals surface area (Å²) in [4.78, 5) is 17.6. The van der Waals surface area contributed by atoms with Crippen molar-refractivity contribution in [3.63, 3.8) is 0 Å². The fraction of sp³-hybridized carbons (Fsp3) is 0.438.